The lowest BCUT2D eigenvalue weighted by molar-refractivity contribution is 0.0390. The molecule has 0 aromatic carbocycles. The van der Waals surface area contributed by atoms with E-state index in [0.29, 0.717) is 10.8 Å². The summed E-state index contributed by atoms with van der Waals surface area (Å²) in [6.45, 7) is 7.61. The lowest BCUT2D eigenvalue weighted by atomic mass is 9.42. The zero-order chi connectivity index (χ0) is 25.4. The molecule has 0 aliphatic heterocycles. The lowest BCUT2D eigenvalue weighted by Crippen LogP contribution is -2.52. The van der Waals surface area contributed by atoms with Crippen molar-refractivity contribution in [1.29, 1.82) is 0 Å². The van der Waals surface area contributed by atoms with Crippen LogP contribution in [-0.2, 0) is 0 Å². The second-order valence-electron chi connectivity index (χ2n) is 16.0. The summed E-state index contributed by atoms with van der Waals surface area (Å²) in [6, 6.07) is 0. The van der Waals surface area contributed by atoms with Crippen molar-refractivity contribution in [3.8, 4) is 0 Å². The summed E-state index contributed by atoms with van der Waals surface area (Å²) in [6.07, 6.45) is 31.3. The van der Waals surface area contributed by atoms with Crippen LogP contribution in [0.15, 0.2) is 68.9 Å². The van der Waals surface area contributed by atoms with E-state index in [-0.39, 0.29) is 0 Å². The second-order valence-corrected chi connectivity index (χ2v) is 16.0. The van der Waals surface area contributed by atoms with E-state index in [2.05, 4.69) is 45.1 Å². The van der Waals surface area contributed by atoms with Gasteiger partial charge in [-0.1, -0.05) is 64.3 Å². The molecule has 0 N–H and O–H groups in total. The SMILES string of the molecule is CC1CC2=C(/C=C3/CC4CCC4/C3=C/C3=C(/C=C4\C(=C/2)CC4C)C2(C4CC4)CC(C)CC32CC2CCC2)C1. The fraction of sp³-hybridized carbons (Fsp3) is 0.684. The van der Waals surface area contributed by atoms with Crippen LogP contribution in [0.1, 0.15) is 111 Å². The average molecular weight is 505 g/mol. The summed E-state index contributed by atoms with van der Waals surface area (Å²) < 4.78 is 0. The van der Waals surface area contributed by atoms with Crippen LogP contribution in [0.5, 0.6) is 0 Å². The van der Waals surface area contributed by atoms with Gasteiger partial charge >= 0.3 is 0 Å². The number of rotatable bonds is 3. The first-order valence-electron chi connectivity index (χ1n) is 16.8. The highest BCUT2D eigenvalue weighted by molar-refractivity contribution is 5.65. The molecule has 0 spiro atoms. The Morgan fingerprint density at radius 2 is 1.42 bits per heavy atom. The van der Waals surface area contributed by atoms with Gasteiger partial charge in [-0.15, -0.1) is 0 Å². The Labute approximate surface area is 231 Å². The average Bonchev–Trinajstić information content (AvgIpc) is 3.52. The molecule has 0 aromatic heterocycles. The molecule has 0 aromatic rings. The Kier molecular flexibility index (Phi) is 4.75. The van der Waals surface area contributed by atoms with Crippen LogP contribution in [0.4, 0.5) is 0 Å². The van der Waals surface area contributed by atoms with Crippen molar-refractivity contribution in [3.63, 3.8) is 0 Å². The van der Waals surface area contributed by atoms with Gasteiger partial charge in [-0.25, -0.2) is 0 Å². The van der Waals surface area contributed by atoms with Gasteiger partial charge in [0, 0.05) is 10.8 Å². The topological polar surface area (TPSA) is 0 Å². The molecule has 0 radical (unpaired) electrons. The molecule has 9 aliphatic rings. The Morgan fingerprint density at radius 1 is 0.684 bits per heavy atom. The molecule has 6 fully saturated rings. The summed E-state index contributed by atoms with van der Waals surface area (Å²) in [7, 11) is 0. The Morgan fingerprint density at radius 3 is 2.05 bits per heavy atom. The first-order valence-corrected chi connectivity index (χ1v) is 16.8. The second kappa shape index (κ2) is 7.79. The van der Waals surface area contributed by atoms with Crippen molar-refractivity contribution in [1.82, 2.24) is 0 Å². The molecule has 38 heavy (non-hydrogen) atoms. The van der Waals surface area contributed by atoms with Gasteiger partial charge in [0.2, 0.25) is 0 Å². The van der Waals surface area contributed by atoms with Crippen molar-refractivity contribution in [2.75, 3.05) is 0 Å². The maximum absolute atomic E-state index is 2.91. The molecule has 200 valence electrons. The predicted octanol–water partition coefficient (Wildman–Crippen LogP) is 10.2. The van der Waals surface area contributed by atoms with Gasteiger partial charge in [-0.2, -0.15) is 0 Å². The van der Waals surface area contributed by atoms with E-state index in [1.54, 1.807) is 27.9 Å². The highest BCUT2D eigenvalue weighted by atomic mass is 14.7. The molecule has 0 heteroatoms. The third-order valence-electron chi connectivity index (χ3n) is 13.6. The maximum Gasteiger partial charge on any atom is 0.00839 e. The van der Waals surface area contributed by atoms with Crippen LogP contribution in [0.3, 0.4) is 0 Å². The number of hydrogen-bond donors (Lipinski definition) is 0. The highest BCUT2D eigenvalue weighted by Crippen LogP contribution is 2.80. The Bertz CT molecular complexity index is 1300. The van der Waals surface area contributed by atoms with Gasteiger partial charge in [0.05, 0.1) is 0 Å². The molecular formula is C38H48. The van der Waals surface area contributed by atoms with Crippen LogP contribution in [0.2, 0.25) is 0 Å². The van der Waals surface area contributed by atoms with Gasteiger partial charge in [-0.3, -0.25) is 0 Å². The molecule has 0 saturated heterocycles. The van der Waals surface area contributed by atoms with E-state index in [0.717, 1.165) is 41.4 Å². The van der Waals surface area contributed by atoms with Gasteiger partial charge in [-0.05, 0) is 157 Å². The summed E-state index contributed by atoms with van der Waals surface area (Å²) in [5.41, 5.74) is 15.1. The van der Waals surface area contributed by atoms with Gasteiger partial charge in [0.1, 0.15) is 0 Å². The minimum Gasteiger partial charge on any atom is -0.0624 e. The van der Waals surface area contributed by atoms with Gasteiger partial charge in [0.15, 0.2) is 0 Å². The van der Waals surface area contributed by atoms with E-state index < -0.39 is 0 Å². The summed E-state index contributed by atoms with van der Waals surface area (Å²) in [4.78, 5) is 0. The highest BCUT2D eigenvalue weighted by Gasteiger charge is 2.71. The van der Waals surface area contributed by atoms with Gasteiger partial charge in [0.25, 0.3) is 0 Å². The molecular weight excluding hydrogens is 456 g/mol. The zero-order valence-corrected chi connectivity index (χ0v) is 24.3. The van der Waals surface area contributed by atoms with Crippen molar-refractivity contribution < 1.29 is 0 Å². The van der Waals surface area contributed by atoms with E-state index >= 15 is 0 Å². The monoisotopic (exact) mass is 504 g/mol. The van der Waals surface area contributed by atoms with Crippen LogP contribution >= 0.6 is 0 Å². The minimum absolute atomic E-state index is 0.484. The molecule has 0 amide bonds. The molecule has 0 nitrogen and oxygen atoms in total. The third kappa shape index (κ3) is 2.94. The van der Waals surface area contributed by atoms with E-state index in [4.69, 9.17) is 0 Å². The molecule has 0 heterocycles. The Hall–Kier alpha value is -1.56. The Balaban J connectivity index is 1.28. The van der Waals surface area contributed by atoms with Crippen molar-refractivity contribution in [2.45, 2.75) is 111 Å². The quantitative estimate of drug-likeness (QED) is 0.358. The molecule has 6 saturated carbocycles. The van der Waals surface area contributed by atoms with Crippen molar-refractivity contribution in [2.24, 2.45) is 52.3 Å². The largest absolute Gasteiger partial charge is 0.0624 e. The predicted molar refractivity (Wildman–Crippen MR) is 157 cm³/mol. The number of fused-ring (bicyclic) bond motifs is 7. The third-order valence-corrected chi connectivity index (χ3v) is 13.6. The standard InChI is InChI=1S/C38H48/c1-22-11-27-15-29-13-24(3)33(29)17-36-35(18-34-30(16-28(27)12-22)14-26-7-10-32(26)34)37(21-25-5-4-6-25)19-23(2)20-38(36,37)31-8-9-31/h15-18,22-26,31-32H,4-14,19-21H2,1-3H3/b27-15?,28-16?,29-15-,30-16-,33-17-,34-18+,35-18?,36-17?. The molecule has 7 atom stereocenters. The minimum atomic E-state index is 0.484. The fourth-order valence-electron chi connectivity index (χ4n) is 11.5. The summed E-state index contributed by atoms with van der Waals surface area (Å²) in [5, 5.41) is 0. The molecule has 7 unspecified atom stereocenters. The van der Waals surface area contributed by atoms with Crippen molar-refractivity contribution >= 4 is 0 Å². The van der Waals surface area contributed by atoms with Crippen LogP contribution in [-0.4, -0.2) is 0 Å². The van der Waals surface area contributed by atoms with E-state index in [1.807, 2.05) is 16.7 Å². The number of allylic oxidation sites excluding steroid dienone is 12. The fourth-order valence-corrected chi connectivity index (χ4v) is 11.5. The maximum atomic E-state index is 2.91. The lowest BCUT2D eigenvalue weighted by Gasteiger charge is -2.61. The van der Waals surface area contributed by atoms with E-state index in [1.165, 1.54) is 89.9 Å². The normalized spacial score (nSPS) is 50.7. The van der Waals surface area contributed by atoms with Crippen LogP contribution in [0.25, 0.3) is 0 Å². The van der Waals surface area contributed by atoms with E-state index in [9.17, 15) is 0 Å². The van der Waals surface area contributed by atoms with Gasteiger partial charge < -0.3 is 0 Å². The smallest absolute Gasteiger partial charge is 0.00839 e. The summed E-state index contributed by atoms with van der Waals surface area (Å²) >= 11 is 0. The summed E-state index contributed by atoms with van der Waals surface area (Å²) in [5.74, 6) is 6.19. The number of hydrogen-bond acceptors (Lipinski definition) is 0. The van der Waals surface area contributed by atoms with Crippen LogP contribution < -0.4 is 0 Å². The first-order chi connectivity index (χ1) is 18.4. The first kappa shape index (κ1) is 23.2. The zero-order valence-electron chi connectivity index (χ0n) is 24.3. The molecule has 9 rings (SSSR count). The molecule has 9 aliphatic carbocycles. The van der Waals surface area contributed by atoms with Crippen molar-refractivity contribution in [3.05, 3.63) is 68.9 Å². The van der Waals surface area contributed by atoms with Crippen LogP contribution in [0, 0.1) is 52.3 Å². The molecule has 0 bridgehead atoms.